The van der Waals surface area contributed by atoms with Crippen LogP contribution in [0.4, 0.5) is 10.9 Å². The molecule has 160 valence electrons. The first kappa shape index (κ1) is 22.3. The zero-order valence-corrected chi connectivity index (χ0v) is 18.6. The smallest absolute Gasteiger partial charge is 0.252 e. The number of nitriles is 1. The average Bonchev–Trinajstić information content (AvgIpc) is 3.32. The van der Waals surface area contributed by atoms with E-state index in [0.29, 0.717) is 22.1 Å². The van der Waals surface area contributed by atoms with Crippen molar-refractivity contribution in [1.82, 2.24) is 14.8 Å². The summed E-state index contributed by atoms with van der Waals surface area (Å²) >= 11 is 2.37. The molecule has 0 bridgehead atoms. The maximum atomic E-state index is 13.1. The minimum atomic E-state index is -0.721. The molecule has 31 heavy (non-hydrogen) atoms. The molecule has 9 nitrogen and oxygen atoms in total. The number of amides is 2. The third kappa shape index (κ3) is 4.70. The number of primary amides is 1. The fourth-order valence-corrected chi connectivity index (χ4v) is 4.73. The van der Waals surface area contributed by atoms with Gasteiger partial charge in [0.2, 0.25) is 11.9 Å². The summed E-state index contributed by atoms with van der Waals surface area (Å²) in [5.74, 6) is -0.793. The quantitative estimate of drug-likeness (QED) is 0.441. The Morgan fingerprint density at radius 3 is 2.65 bits per heavy atom. The predicted molar refractivity (Wildman–Crippen MR) is 122 cm³/mol. The lowest BCUT2D eigenvalue weighted by Crippen LogP contribution is -2.27. The average molecular weight is 456 g/mol. The molecular formula is C20H21N7O2S2. The van der Waals surface area contributed by atoms with Crippen LogP contribution in [0.1, 0.15) is 35.3 Å². The van der Waals surface area contributed by atoms with Gasteiger partial charge in [0.25, 0.3) is 5.91 Å². The number of nitrogen functional groups attached to an aromatic ring is 1. The van der Waals surface area contributed by atoms with Crippen molar-refractivity contribution in [3.63, 3.8) is 0 Å². The molecule has 3 aromatic rings. The van der Waals surface area contributed by atoms with Gasteiger partial charge >= 0.3 is 0 Å². The Morgan fingerprint density at radius 2 is 2.03 bits per heavy atom. The number of anilines is 2. The number of thiophene rings is 1. The summed E-state index contributed by atoms with van der Waals surface area (Å²) in [6, 6.07) is 8.98. The number of aryl methyl sites for hydroxylation is 1. The number of hydrogen-bond acceptors (Lipinski definition) is 8. The zero-order valence-electron chi connectivity index (χ0n) is 17.0. The van der Waals surface area contributed by atoms with Gasteiger partial charge in [-0.1, -0.05) is 48.5 Å². The van der Waals surface area contributed by atoms with Crippen LogP contribution >= 0.6 is 23.1 Å². The van der Waals surface area contributed by atoms with Crippen molar-refractivity contribution in [2.75, 3.05) is 16.8 Å². The van der Waals surface area contributed by atoms with Crippen molar-refractivity contribution in [3.8, 4) is 17.2 Å². The van der Waals surface area contributed by atoms with Gasteiger partial charge in [-0.2, -0.15) is 5.26 Å². The molecule has 0 saturated heterocycles. The van der Waals surface area contributed by atoms with Gasteiger partial charge < -0.3 is 16.8 Å². The summed E-state index contributed by atoms with van der Waals surface area (Å²) in [5, 5.41) is 22.0. The summed E-state index contributed by atoms with van der Waals surface area (Å²) in [7, 11) is 0. The molecule has 1 unspecified atom stereocenters. The molecule has 1 aromatic carbocycles. The van der Waals surface area contributed by atoms with E-state index in [-0.39, 0.29) is 23.2 Å². The molecule has 2 heterocycles. The summed E-state index contributed by atoms with van der Waals surface area (Å²) in [6.07, 6.45) is 0.399. The molecule has 1 atom stereocenters. The second-order valence-corrected chi connectivity index (χ2v) is 8.48. The van der Waals surface area contributed by atoms with Crippen molar-refractivity contribution in [2.45, 2.75) is 31.5 Å². The van der Waals surface area contributed by atoms with Crippen LogP contribution in [-0.2, 0) is 4.79 Å². The number of nitrogens with zero attached hydrogens (tertiary/aromatic N) is 4. The largest absolute Gasteiger partial charge is 0.368 e. The number of hydrogen-bond donors (Lipinski definition) is 3. The van der Waals surface area contributed by atoms with E-state index in [2.05, 4.69) is 15.5 Å². The summed E-state index contributed by atoms with van der Waals surface area (Å²) in [6.45, 7) is 3.80. The number of carbonyl (C=O) groups is 2. The standard InChI is InChI=1S/C20H21N7O2S2/c1-3-14(27-19(23)25-26-20(27)30-9-8-21)17(29)24-18-15(16(22)28)13(10-31-18)12-6-4-11(2)5-7-12/h4-7,10,14H,3,9H2,1-2H3,(H2,22,28)(H2,23,25)(H,24,29). The van der Waals surface area contributed by atoms with Crippen molar-refractivity contribution in [1.29, 1.82) is 5.26 Å². The van der Waals surface area contributed by atoms with Crippen LogP contribution in [0.25, 0.3) is 11.1 Å². The first-order chi connectivity index (χ1) is 14.9. The number of thioether (sulfide) groups is 1. The fourth-order valence-electron chi connectivity index (χ4n) is 3.10. The lowest BCUT2D eigenvalue weighted by atomic mass is 10.0. The molecule has 0 saturated carbocycles. The van der Waals surface area contributed by atoms with Crippen LogP contribution < -0.4 is 16.8 Å². The predicted octanol–water partition coefficient (Wildman–Crippen LogP) is 3.20. The Morgan fingerprint density at radius 1 is 1.32 bits per heavy atom. The summed E-state index contributed by atoms with van der Waals surface area (Å²) < 4.78 is 1.50. The monoisotopic (exact) mass is 455 g/mol. The van der Waals surface area contributed by atoms with Crippen molar-refractivity contribution in [2.24, 2.45) is 5.73 Å². The molecule has 5 N–H and O–H groups in total. The highest BCUT2D eigenvalue weighted by atomic mass is 32.2. The molecule has 0 radical (unpaired) electrons. The van der Waals surface area contributed by atoms with Gasteiger partial charge in [-0.15, -0.1) is 21.5 Å². The third-order valence-electron chi connectivity index (χ3n) is 4.59. The van der Waals surface area contributed by atoms with Gasteiger partial charge in [-0.05, 0) is 18.9 Å². The molecule has 11 heteroatoms. The van der Waals surface area contributed by atoms with E-state index < -0.39 is 11.9 Å². The van der Waals surface area contributed by atoms with Gasteiger partial charge in [-0.3, -0.25) is 14.2 Å². The van der Waals surface area contributed by atoms with Gasteiger partial charge in [0.15, 0.2) is 5.16 Å². The fraction of sp³-hybridized carbons (Fsp3) is 0.250. The Bertz CT molecular complexity index is 1150. The van der Waals surface area contributed by atoms with Gasteiger partial charge in [-0.25, -0.2) is 0 Å². The van der Waals surface area contributed by atoms with Crippen molar-refractivity contribution < 1.29 is 9.59 Å². The van der Waals surface area contributed by atoms with E-state index in [9.17, 15) is 9.59 Å². The molecule has 0 spiro atoms. The number of rotatable bonds is 8. The number of nitrogens with one attached hydrogen (secondary N) is 1. The van der Waals surface area contributed by atoms with Crippen molar-refractivity contribution >= 4 is 45.9 Å². The highest BCUT2D eigenvalue weighted by molar-refractivity contribution is 7.99. The highest BCUT2D eigenvalue weighted by Gasteiger charge is 2.27. The Balaban J connectivity index is 1.93. The van der Waals surface area contributed by atoms with E-state index in [0.717, 1.165) is 22.9 Å². The molecule has 0 aliphatic heterocycles. The molecule has 0 aliphatic rings. The van der Waals surface area contributed by atoms with E-state index in [1.54, 1.807) is 5.38 Å². The van der Waals surface area contributed by atoms with Gasteiger partial charge in [0.1, 0.15) is 11.0 Å². The number of nitrogens with two attached hydrogens (primary N) is 2. The second kappa shape index (κ2) is 9.63. The van der Waals surface area contributed by atoms with Gasteiger partial charge in [0.05, 0.1) is 17.4 Å². The Kier molecular flexibility index (Phi) is 6.94. The maximum Gasteiger partial charge on any atom is 0.252 e. The molecule has 2 aromatic heterocycles. The van der Waals surface area contributed by atoms with Crippen LogP contribution in [0.5, 0.6) is 0 Å². The van der Waals surface area contributed by atoms with E-state index in [1.807, 2.05) is 44.2 Å². The van der Waals surface area contributed by atoms with Crippen molar-refractivity contribution in [3.05, 3.63) is 40.8 Å². The van der Waals surface area contributed by atoms with E-state index in [1.165, 1.54) is 15.9 Å². The second-order valence-electron chi connectivity index (χ2n) is 6.65. The van der Waals surface area contributed by atoms with Crippen LogP contribution in [0.2, 0.25) is 0 Å². The van der Waals surface area contributed by atoms with Crippen LogP contribution in [0.3, 0.4) is 0 Å². The molecule has 3 rings (SSSR count). The first-order valence-electron chi connectivity index (χ1n) is 9.36. The highest BCUT2D eigenvalue weighted by Crippen LogP contribution is 2.36. The zero-order chi connectivity index (χ0) is 22.5. The van der Waals surface area contributed by atoms with Crippen LogP contribution in [0.15, 0.2) is 34.8 Å². The minimum absolute atomic E-state index is 0.0732. The SMILES string of the molecule is CCC(C(=O)Nc1scc(-c2ccc(C)cc2)c1C(N)=O)n1c(N)nnc1SCC#N. The molecule has 0 fully saturated rings. The minimum Gasteiger partial charge on any atom is -0.368 e. The van der Waals surface area contributed by atoms with Gasteiger partial charge in [0, 0.05) is 10.9 Å². The normalized spacial score (nSPS) is 11.6. The number of benzene rings is 1. The van der Waals surface area contributed by atoms with E-state index in [4.69, 9.17) is 16.7 Å². The van der Waals surface area contributed by atoms with E-state index >= 15 is 0 Å². The Labute approximate surface area is 187 Å². The topological polar surface area (TPSA) is 153 Å². The lowest BCUT2D eigenvalue weighted by Gasteiger charge is -2.18. The molecule has 2 amide bonds. The third-order valence-corrected chi connectivity index (χ3v) is 6.30. The Hall–Kier alpha value is -3.36. The first-order valence-corrected chi connectivity index (χ1v) is 11.2. The van der Waals surface area contributed by atoms with Crippen LogP contribution in [-0.4, -0.2) is 32.3 Å². The summed E-state index contributed by atoms with van der Waals surface area (Å²) in [5.41, 5.74) is 14.4. The number of aromatic nitrogens is 3. The maximum absolute atomic E-state index is 13.1. The van der Waals surface area contributed by atoms with Crippen LogP contribution in [0, 0.1) is 18.3 Å². The lowest BCUT2D eigenvalue weighted by molar-refractivity contribution is -0.119. The molecule has 0 aliphatic carbocycles. The molecular weight excluding hydrogens is 434 g/mol. The number of carbonyl (C=O) groups excluding carboxylic acids is 2. The summed E-state index contributed by atoms with van der Waals surface area (Å²) in [4.78, 5) is 25.3.